The number of hydrogen-bond acceptors (Lipinski definition) is 2. The second-order valence-corrected chi connectivity index (χ2v) is 2.07. The molecule has 1 heterocycles. The smallest absolute Gasteiger partial charge is 0.237 e. The first-order chi connectivity index (χ1) is 5.33. The van der Waals surface area contributed by atoms with Crippen molar-refractivity contribution >= 4 is 0 Å². The normalized spacial score (nSPS) is 10.3. The Morgan fingerprint density at radius 3 is 3.09 bits per heavy atom. The van der Waals surface area contributed by atoms with Crippen LogP contribution in [0.5, 0.6) is 5.88 Å². The first-order valence-corrected chi connectivity index (χ1v) is 3.29. The number of aryl methyl sites for hydroxylation is 1. The molecule has 0 atom stereocenters. The Morgan fingerprint density at radius 1 is 1.73 bits per heavy atom. The van der Waals surface area contributed by atoms with Gasteiger partial charge in [-0.1, -0.05) is 12.7 Å². The van der Waals surface area contributed by atoms with Gasteiger partial charge in [0.25, 0.3) is 0 Å². The van der Waals surface area contributed by atoms with E-state index in [4.69, 9.17) is 4.74 Å². The number of H-pyrrole nitrogens is 1. The SMILES string of the molecule is C=C/C=C\Oc1cc(C)[nH]n1. The van der Waals surface area contributed by atoms with E-state index in [1.165, 1.54) is 6.26 Å². The van der Waals surface area contributed by atoms with Crippen molar-refractivity contribution in [2.24, 2.45) is 0 Å². The lowest BCUT2D eigenvalue weighted by Gasteiger charge is -1.88. The molecule has 0 aliphatic carbocycles. The van der Waals surface area contributed by atoms with Crippen LogP contribution in [-0.4, -0.2) is 10.2 Å². The summed E-state index contributed by atoms with van der Waals surface area (Å²) in [6, 6.07) is 1.81. The third-order valence-corrected chi connectivity index (χ3v) is 1.09. The predicted molar refractivity (Wildman–Crippen MR) is 43.3 cm³/mol. The monoisotopic (exact) mass is 150 g/mol. The number of nitrogens with one attached hydrogen (secondary N) is 1. The zero-order valence-electron chi connectivity index (χ0n) is 6.37. The zero-order valence-corrected chi connectivity index (χ0v) is 6.37. The van der Waals surface area contributed by atoms with Crippen LogP contribution in [0.4, 0.5) is 0 Å². The van der Waals surface area contributed by atoms with Crippen LogP contribution in [0.2, 0.25) is 0 Å². The first-order valence-electron chi connectivity index (χ1n) is 3.29. The summed E-state index contributed by atoms with van der Waals surface area (Å²) in [5.41, 5.74) is 0.979. The van der Waals surface area contributed by atoms with E-state index in [0.29, 0.717) is 5.88 Å². The highest BCUT2D eigenvalue weighted by atomic mass is 16.5. The van der Waals surface area contributed by atoms with Crippen molar-refractivity contribution in [2.45, 2.75) is 6.92 Å². The molecule has 0 unspecified atom stereocenters. The van der Waals surface area contributed by atoms with Crippen LogP contribution in [0.1, 0.15) is 5.69 Å². The van der Waals surface area contributed by atoms with Gasteiger partial charge in [0.05, 0.1) is 6.26 Å². The van der Waals surface area contributed by atoms with Crippen molar-refractivity contribution in [1.82, 2.24) is 10.2 Å². The molecular formula is C8H10N2O. The summed E-state index contributed by atoms with van der Waals surface area (Å²) in [4.78, 5) is 0. The second-order valence-electron chi connectivity index (χ2n) is 2.07. The lowest BCUT2D eigenvalue weighted by atomic mass is 10.5. The highest BCUT2D eigenvalue weighted by Gasteiger charge is 1.93. The third kappa shape index (κ3) is 2.29. The van der Waals surface area contributed by atoms with E-state index in [9.17, 15) is 0 Å². The van der Waals surface area contributed by atoms with Crippen molar-refractivity contribution in [3.63, 3.8) is 0 Å². The molecule has 1 aromatic heterocycles. The minimum Gasteiger partial charge on any atom is -0.445 e. The van der Waals surface area contributed by atoms with Gasteiger partial charge in [0, 0.05) is 11.8 Å². The van der Waals surface area contributed by atoms with Gasteiger partial charge in [0.15, 0.2) is 0 Å². The molecule has 0 saturated heterocycles. The van der Waals surface area contributed by atoms with Crippen LogP contribution in [0.3, 0.4) is 0 Å². The molecule has 0 saturated carbocycles. The number of nitrogens with zero attached hydrogens (tertiary/aromatic N) is 1. The fraction of sp³-hybridized carbons (Fsp3) is 0.125. The summed E-state index contributed by atoms with van der Waals surface area (Å²) < 4.78 is 5.07. The molecule has 1 aromatic rings. The van der Waals surface area contributed by atoms with E-state index in [0.717, 1.165) is 5.69 Å². The lowest BCUT2D eigenvalue weighted by molar-refractivity contribution is 0.460. The van der Waals surface area contributed by atoms with Crippen LogP contribution in [-0.2, 0) is 0 Å². The highest BCUT2D eigenvalue weighted by molar-refractivity contribution is 5.13. The maximum absolute atomic E-state index is 5.07. The van der Waals surface area contributed by atoms with Gasteiger partial charge in [-0.05, 0) is 13.0 Å². The molecule has 1 N–H and O–H groups in total. The quantitative estimate of drug-likeness (QED) is 0.527. The number of ether oxygens (including phenoxy) is 1. The van der Waals surface area contributed by atoms with E-state index >= 15 is 0 Å². The minimum atomic E-state index is 0.570. The predicted octanol–water partition coefficient (Wildman–Crippen LogP) is 1.80. The van der Waals surface area contributed by atoms with Crippen LogP contribution in [0.15, 0.2) is 31.1 Å². The minimum absolute atomic E-state index is 0.570. The van der Waals surface area contributed by atoms with Crippen molar-refractivity contribution in [1.29, 1.82) is 0 Å². The maximum atomic E-state index is 5.07. The summed E-state index contributed by atoms with van der Waals surface area (Å²) in [5, 5.41) is 6.62. The van der Waals surface area contributed by atoms with Crippen molar-refractivity contribution < 1.29 is 4.74 Å². The molecule has 0 spiro atoms. The van der Waals surface area contributed by atoms with Crippen LogP contribution in [0.25, 0.3) is 0 Å². The zero-order chi connectivity index (χ0) is 8.10. The van der Waals surface area contributed by atoms with Gasteiger partial charge in [0.2, 0.25) is 5.88 Å². The van der Waals surface area contributed by atoms with Gasteiger partial charge < -0.3 is 4.74 Å². The molecule has 3 heteroatoms. The van der Waals surface area contributed by atoms with Crippen LogP contribution in [0, 0.1) is 6.92 Å². The van der Waals surface area contributed by atoms with Gasteiger partial charge in [-0.3, -0.25) is 5.10 Å². The number of hydrogen-bond donors (Lipinski definition) is 1. The third-order valence-electron chi connectivity index (χ3n) is 1.09. The van der Waals surface area contributed by atoms with Gasteiger partial charge in [-0.15, -0.1) is 5.10 Å². The summed E-state index contributed by atoms with van der Waals surface area (Å²) >= 11 is 0. The Kier molecular flexibility index (Phi) is 2.49. The van der Waals surface area contributed by atoms with Crippen LogP contribution < -0.4 is 4.74 Å². The number of rotatable bonds is 3. The van der Waals surface area contributed by atoms with Gasteiger partial charge >= 0.3 is 0 Å². The van der Waals surface area contributed by atoms with E-state index in [-0.39, 0.29) is 0 Å². The molecule has 0 aliphatic heterocycles. The Balaban J connectivity index is 2.51. The Labute approximate surface area is 65.4 Å². The van der Waals surface area contributed by atoms with Gasteiger partial charge in [-0.2, -0.15) is 0 Å². The number of allylic oxidation sites excluding steroid dienone is 2. The average Bonchev–Trinajstić information content (AvgIpc) is 2.37. The standard InChI is InChI=1S/C8H10N2O/c1-3-4-5-11-8-6-7(2)9-10-8/h3-6H,1H2,2H3,(H,9,10)/b5-4-. The average molecular weight is 150 g/mol. The van der Waals surface area contributed by atoms with Gasteiger partial charge in [0.1, 0.15) is 0 Å². The van der Waals surface area contributed by atoms with Gasteiger partial charge in [-0.25, -0.2) is 0 Å². The maximum Gasteiger partial charge on any atom is 0.237 e. The first kappa shape index (κ1) is 7.60. The second kappa shape index (κ2) is 3.61. The molecule has 0 bridgehead atoms. The Morgan fingerprint density at radius 2 is 2.55 bits per heavy atom. The highest BCUT2D eigenvalue weighted by Crippen LogP contribution is 2.06. The number of aromatic nitrogens is 2. The lowest BCUT2D eigenvalue weighted by Crippen LogP contribution is -1.79. The molecular weight excluding hydrogens is 140 g/mol. The van der Waals surface area contributed by atoms with Crippen LogP contribution >= 0.6 is 0 Å². The topological polar surface area (TPSA) is 37.9 Å². The summed E-state index contributed by atoms with van der Waals surface area (Å²) in [6.07, 6.45) is 4.87. The van der Waals surface area contributed by atoms with E-state index < -0.39 is 0 Å². The number of aromatic amines is 1. The largest absolute Gasteiger partial charge is 0.445 e. The van der Waals surface area contributed by atoms with Crippen molar-refractivity contribution in [3.05, 3.63) is 36.8 Å². The molecule has 1 rings (SSSR count). The van der Waals surface area contributed by atoms with E-state index in [2.05, 4.69) is 16.8 Å². The summed E-state index contributed by atoms with van der Waals surface area (Å²) in [5.74, 6) is 0.570. The Bertz CT molecular complexity index is 263. The fourth-order valence-corrected chi connectivity index (χ4v) is 0.618. The van der Waals surface area contributed by atoms with Crippen molar-refractivity contribution in [2.75, 3.05) is 0 Å². The van der Waals surface area contributed by atoms with E-state index in [1.54, 1.807) is 12.2 Å². The molecule has 0 amide bonds. The summed E-state index contributed by atoms with van der Waals surface area (Å²) in [7, 11) is 0. The molecule has 11 heavy (non-hydrogen) atoms. The summed E-state index contributed by atoms with van der Waals surface area (Å²) in [6.45, 7) is 5.42. The molecule has 0 radical (unpaired) electrons. The Hall–Kier alpha value is -1.51. The molecule has 3 nitrogen and oxygen atoms in total. The van der Waals surface area contributed by atoms with E-state index in [1.807, 2.05) is 13.0 Å². The fourth-order valence-electron chi connectivity index (χ4n) is 0.618. The molecule has 0 fully saturated rings. The van der Waals surface area contributed by atoms with Crippen molar-refractivity contribution in [3.8, 4) is 5.88 Å². The molecule has 58 valence electrons. The molecule has 0 aliphatic rings. The molecule has 0 aromatic carbocycles.